The minimum atomic E-state index is -3.37. The Morgan fingerprint density at radius 1 is 1.41 bits per heavy atom. The van der Waals surface area contributed by atoms with E-state index in [1.165, 1.54) is 15.6 Å². The molecule has 1 aliphatic heterocycles. The summed E-state index contributed by atoms with van der Waals surface area (Å²) in [4.78, 5) is 12.3. The molecule has 124 valence electrons. The summed E-state index contributed by atoms with van der Waals surface area (Å²) in [5.74, 6) is 0.0253. The van der Waals surface area contributed by atoms with E-state index < -0.39 is 16.1 Å². The zero-order valence-electron chi connectivity index (χ0n) is 13.1. The molecule has 0 spiro atoms. The predicted octanol–water partition coefficient (Wildman–Crippen LogP) is 1.80. The lowest BCUT2D eigenvalue weighted by Gasteiger charge is -2.20. The quantitative estimate of drug-likeness (QED) is 0.848. The zero-order valence-corrected chi connectivity index (χ0v) is 14.7. The summed E-state index contributed by atoms with van der Waals surface area (Å²) in [5.41, 5.74) is 0. The van der Waals surface area contributed by atoms with Crippen LogP contribution in [0, 0.1) is 0 Å². The van der Waals surface area contributed by atoms with Crippen LogP contribution in [0.25, 0.3) is 0 Å². The smallest absolute Gasteiger partial charge is 0.244 e. The maximum absolute atomic E-state index is 12.3. The van der Waals surface area contributed by atoms with Crippen LogP contribution in [0.4, 0.5) is 5.13 Å². The first-order valence-electron chi connectivity index (χ1n) is 7.47. The molecule has 0 aliphatic carbocycles. The molecule has 1 N–H and O–H groups in total. The molecule has 1 amide bonds. The lowest BCUT2D eigenvalue weighted by atomic mass is 10.1. The van der Waals surface area contributed by atoms with Crippen LogP contribution >= 0.6 is 11.3 Å². The molecule has 0 saturated carbocycles. The van der Waals surface area contributed by atoms with E-state index in [1.54, 1.807) is 0 Å². The van der Waals surface area contributed by atoms with Gasteiger partial charge in [0.15, 0.2) is 0 Å². The number of hydrogen-bond acceptors (Lipinski definition) is 6. The number of anilines is 1. The van der Waals surface area contributed by atoms with Crippen LogP contribution in [0.3, 0.4) is 0 Å². The number of carbonyl (C=O) groups is 1. The molecule has 2 heterocycles. The highest BCUT2D eigenvalue weighted by atomic mass is 32.2. The summed E-state index contributed by atoms with van der Waals surface area (Å²) in [6.45, 7) is 4.58. The predicted molar refractivity (Wildman–Crippen MR) is 86.4 cm³/mol. The van der Waals surface area contributed by atoms with Crippen molar-refractivity contribution in [3.05, 3.63) is 5.01 Å². The average molecular weight is 346 g/mol. The second kappa shape index (κ2) is 7.01. The minimum absolute atomic E-state index is 0.324. The van der Waals surface area contributed by atoms with Gasteiger partial charge in [-0.25, -0.2) is 8.42 Å². The normalized spacial score (nSPS) is 19.7. The molecule has 1 aliphatic rings. The molecule has 1 aromatic heterocycles. The number of sulfonamides is 1. The molecule has 1 atom stereocenters. The standard InChI is InChI=1S/C13H22N4O3S2/c1-4-9(5-2)12-15-16-13(21-12)14-11(18)10-7-6-8-17(10)22(3,19)20/h9-10H,4-8H2,1-3H3,(H,14,16,18)/t10-/m0/s1. The molecular formula is C13H22N4O3S2. The molecule has 7 nitrogen and oxygen atoms in total. The average Bonchev–Trinajstić information content (AvgIpc) is 3.08. The largest absolute Gasteiger partial charge is 0.299 e. The summed E-state index contributed by atoms with van der Waals surface area (Å²) in [5, 5.41) is 12.2. The van der Waals surface area contributed by atoms with E-state index in [1.807, 2.05) is 0 Å². The van der Waals surface area contributed by atoms with Gasteiger partial charge in [0.25, 0.3) is 0 Å². The first-order chi connectivity index (χ1) is 10.4. The Bertz CT molecular complexity index is 625. The first-order valence-corrected chi connectivity index (χ1v) is 10.1. The lowest BCUT2D eigenvalue weighted by Crippen LogP contribution is -2.42. The van der Waals surface area contributed by atoms with Gasteiger partial charge in [0.2, 0.25) is 21.1 Å². The summed E-state index contributed by atoms with van der Waals surface area (Å²) in [7, 11) is -3.37. The van der Waals surface area contributed by atoms with E-state index in [2.05, 4.69) is 29.4 Å². The Kier molecular flexibility index (Phi) is 5.51. The van der Waals surface area contributed by atoms with E-state index in [0.717, 1.165) is 24.1 Å². The number of rotatable bonds is 6. The molecule has 0 radical (unpaired) electrons. The van der Waals surface area contributed by atoms with Gasteiger partial charge >= 0.3 is 0 Å². The highest BCUT2D eigenvalue weighted by molar-refractivity contribution is 7.88. The van der Waals surface area contributed by atoms with E-state index in [-0.39, 0.29) is 5.91 Å². The van der Waals surface area contributed by atoms with Crippen LogP contribution in [0.1, 0.15) is 50.5 Å². The SMILES string of the molecule is CCC(CC)c1nnc(NC(=O)[C@@H]2CCCN2S(C)(=O)=O)s1. The number of carbonyl (C=O) groups excluding carboxylic acids is 1. The second-order valence-electron chi connectivity index (χ2n) is 5.48. The number of nitrogens with zero attached hydrogens (tertiary/aromatic N) is 3. The topological polar surface area (TPSA) is 92.3 Å². The van der Waals surface area contributed by atoms with Gasteiger partial charge in [-0.2, -0.15) is 4.31 Å². The minimum Gasteiger partial charge on any atom is -0.299 e. The van der Waals surface area contributed by atoms with Crippen LogP contribution in [0.2, 0.25) is 0 Å². The van der Waals surface area contributed by atoms with Gasteiger partial charge in [-0.15, -0.1) is 10.2 Å². The third kappa shape index (κ3) is 3.82. The van der Waals surface area contributed by atoms with Crippen molar-refractivity contribution in [2.24, 2.45) is 0 Å². The van der Waals surface area contributed by atoms with Crippen molar-refractivity contribution in [1.29, 1.82) is 0 Å². The van der Waals surface area contributed by atoms with E-state index in [0.29, 0.717) is 30.4 Å². The van der Waals surface area contributed by atoms with E-state index >= 15 is 0 Å². The van der Waals surface area contributed by atoms with Gasteiger partial charge in [0.05, 0.1) is 6.26 Å². The van der Waals surface area contributed by atoms with Gasteiger partial charge in [-0.3, -0.25) is 10.1 Å². The molecule has 2 rings (SSSR count). The lowest BCUT2D eigenvalue weighted by molar-refractivity contribution is -0.119. The Morgan fingerprint density at radius 3 is 2.68 bits per heavy atom. The summed E-state index contributed by atoms with van der Waals surface area (Å²) in [6, 6.07) is -0.643. The highest BCUT2D eigenvalue weighted by Crippen LogP contribution is 2.29. The number of amides is 1. The fraction of sp³-hybridized carbons (Fsp3) is 0.769. The Labute approximate surface area is 135 Å². The van der Waals surface area contributed by atoms with Crippen LogP contribution < -0.4 is 5.32 Å². The maximum atomic E-state index is 12.3. The maximum Gasteiger partial charge on any atom is 0.244 e. The molecule has 1 fully saturated rings. The van der Waals surface area contributed by atoms with Gasteiger partial charge in [-0.1, -0.05) is 25.2 Å². The molecule has 1 aromatic rings. The Hall–Kier alpha value is -1.06. The van der Waals surface area contributed by atoms with Gasteiger partial charge in [0.1, 0.15) is 11.0 Å². The summed E-state index contributed by atoms with van der Waals surface area (Å²) >= 11 is 1.36. The van der Waals surface area contributed by atoms with Crippen LogP contribution in [-0.2, 0) is 14.8 Å². The first kappa shape index (κ1) is 17.3. The van der Waals surface area contributed by atoms with Crippen LogP contribution in [-0.4, -0.2) is 47.7 Å². The summed E-state index contributed by atoms with van der Waals surface area (Å²) in [6.07, 6.45) is 4.32. The summed E-state index contributed by atoms with van der Waals surface area (Å²) < 4.78 is 24.6. The van der Waals surface area contributed by atoms with Crippen molar-refractivity contribution in [2.75, 3.05) is 18.1 Å². The zero-order chi connectivity index (χ0) is 16.3. The molecular weight excluding hydrogens is 324 g/mol. The third-order valence-electron chi connectivity index (χ3n) is 3.94. The molecule has 0 unspecified atom stereocenters. The fourth-order valence-electron chi connectivity index (χ4n) is 2.68. The van der Waals surface area contributed by atoms with Gasteiger partial charge in [0, 0.05) is 12.5 Å². The van der Waals surface area contributed by atoms with E-state index in [9.17, 15) is 13.2 Å². The van der Waals surface area contributed by atoms with Crippen molar-refractivity contribution in [3.8, 4) is 0 Å². The molecule has 9 heteroatoms. The van der Waals surface area contributed by atoms with Crippen molar-refractivity contribution in [2.45, 2.75) is 51.5 Å². The number of nitrogens with one attached hydrogen (secondary N) is 1. The van der Waals surface area contributed by atoms with Crippen molar-refractivity contribution in [1.82, 2.24) is 14.5 Å². The second-order valence-corrected chi connectivity index (χ2v) is 8.42. The van der Waals surface area contributed by atoms with Crippen molar-refractivity contribution in [3.63, 3.8) is 0 Å². The highest BCUT2D eigenvalue weighted by Gasteiger charge is 2.36. The van der Waals surface area contributed by atoms with Crippen LogP contribution in [0.5, 0.6) is 0 Å². The van der Waals surface area contributed by atoms with E-state index in [4.69, 9.17) is 0 Å². The van der Waals surface area contributed by atoms with Crippen LogP contribution in [0.15, 0.2) is 0 Å². The van der Waals surface area contributed by atoms with Crippen molar-refractivity contribution < 1.29 is 13.2 Å². The monoisotopic (exact) mass is 346 g/mol. The molecule has 0 aromatic carbocycles. The third-order valence-corrected chi connectivity index (χ3v) is 6.23. The number of hydrogen-bond donors (Lipinski definition) is 1. The number of aromatic nitrogens is 2. The Morgan fingerprint density at radius 2 is 2.09 bits per heavy atom. The van der Waals surface area contributed by atoms with Crippen molar-refractivity contribution >= 4 is 32.4 Å². The molecule has 22 heavy (non-hydrogen) atoms. The fourth-order valence-corrected chi connectivity index (χ4v) is 4.81. The molecule has 0 bridgehead atoms. The van der Waals surface area contributed by atoms with Gasteiger partial charge < -0.3 is 0 Å². The molecule has 1 saturated heterocycles. The Balaban J connectivity index is 2.06. The van der Waals surface area contributed by atoms with Gasteiger partial charge in [-0.05, 0) is 25.7 Å².